The van der Waals surface area contributed by atoms with E-state index in [2.05, 4.69) is 4.72 Å². The number of nitrogens with one attached hydrogen (secondary N) is 1. The maximum atomic E-state index is 11.8. The monoisotopic (exact) mass is 268 g/mol. The van der Waals surface area contributed by atoms with E-state index in [0.717, 1.165) is 18.4 Å². The molecular weight excluding hydrogens is 248 g/mol. The van der Waals surface area contributed by atoms with Crippen molar-refractivity contribution in [1.82, 2.24) is 4.72 Å². The summed E-state index contributed by atoms with van der Waals surface area (Å²) in [6, 6.07) is 9.59. The van der Waals surface area contributed by atoms with Crippen molar-refractivity contribution < 1.29 is 8.42 Å². The number of hydrogen-bond acceptors (Lipinski definition) is 3. The van der Waals surface area contributed by atoms with Crippen LogP contribution in [0.25, 0.3) is 0 Å². The van der Waals surface area contributed by atoms with Gasteiger partial charge in [-0.15, -0.1) is 0 Å². The molecule has 0 amide bonds. The molecule has 1 fully saturated rings. The Morgan fingerprint density at radius 2 is 1.94 bits per heavy atom. The van der Waals surface area contributed by atoms with E-state index in [4.69, 9.17) is 5.73 Å². The fourth-order valence-electron chi connectivity index (χ4n) is 1.88. The Morgan fingerprint density at radius 3 is 2.56 bits per heavy atom. The summed E-state index contributed by atoms with van der Waals surface area (Å²) in [6.07, 6.45) is 2.80. The van der Waals surface area contributed by atoms with Crippen LogP contribution in [0.3, 0.4) is 0 Å². The lowest BCUT2D eigenvalue weighted by Gasteiger charge is -2.12. The molecule has 4 nitrogen and oxygen atoms in total. The number of benzene rings is 1. The normalized spacial score (nSPS) is 17.6. The van der Waals surface area contributed by atoms with Crippen molar-refractivity contribution in [3.63, 3.8) is 0 Å². The molecule has 1 aliphatic rings. The molecule has 3 N–H and O–H groups in total. The minimum absolute atomic E-state index is 0.0310. The van der Waals surface area contributed by atoms with Crippen LogP contribution in [0.15, 0.2) is 30.3 Å². The maximum Gasteiger partial charge on any atom is 0.211 e. The van der Waals surface area contributed by atoms with Crippen LogP contribution in [0, 0.1) is 5.92 Å². The summed E-state index contributed by atoms with van der Waals surface area (Å²) in [5, 5.41) is 0. The standard InChI is InChI=1S/C13H20N2O2S/c14-13(12-6-7-12)10-15-18(16,17)9-8-11-4-2-1-3-5-11/h1-5,12-13,15H,6-10,14H2. The third-order valence-electron chi connectivity index (χ3n) is 3.27. The second-order valence-corrected chi connectivity index (χ2v) is 6.83. The zero-order valence-corrected chi connectivity index (χ0v) is 11.2. The fourth-order valence-corrected chi connectivity index (χ4v) is 2.98. The predicted octanol–water partition coefficient (Wildman–Crippen LogP) is 0.886. The van der Waals surface area contributed by atoms with Gasteiger partial charge in [-0.1, -0.05) is 30.3 Å². The van der Waals surface area contributed by atoms with Crippen LogP contribution in [-0.2, 0) is 16.4 Å². The van der Waals surface area contributed by atoms with Crippen LogP contribution in [0.4, 0.5) is 0 Å². The predicted molar refractivity (Wildman–Crippen MR) is 72.6 cm³/mol. The number of rotatable bonds is 7. The van der Waals surface area contributed by atoms with E-state index in [1.807, 2.05) is 30.3 Å². The van der Waals surface area contributed by atoms with Crippen LogP contribution >= 0.6 is 0 Å². The lowest BCUT2D eigenvalue weighted by Crippen LogP contribution is -2.39. The molecule has 0 heterocycles. The fraction of sp³-hybridized carbons (Fsp3) is 0.538. The Labute approximate surface area is 109 Å². The van der Waals surface area contributed by atoms with Gasteiger partial charge in [0.2, 0.25) is 10.0 Å². The molecule has 1 atom stereocenters. The molecule has 2 rings (SSSR count). The second kappa shape index (κ2) is 5.82. The van der Waals surface area contributed by atoms with Crippen molar-refractivity contribution in [2.75, 3.05) is 12.3 Å². The second-order valence-electron chi connectivity index (χ2n) is 4.90. The Morgan fingerprint density at radius 1 is 1.28 bits per heavy atom. The molecule has 0 aromatic heterocycles. The van der Waals surface area contributed by atoms with Gasteiger partial charge in [-0.3, -0.25) is 0 Å². The van der Waals surface area contributed by atoms with E-state index < -0.39 is 10.0 Å². The molecule has 0 bridgehead atoms. The van der Waals surface area contributed by atoms with Gasteiger partial charge in [0.1, 0.15) is 0 Å². The van der Waals surface area contributed by atoms with E-state index >= 15 is 0 Å². The molecule has 5 heteroatoms. The largest absolute Gasteiger partial charge is 0.326 e. The van der Waals surface area contributed by atoms with Crippen molar-refractivity contribution in [3.8, 4) is 0 Å². The van der Waals surface area contributed by atoms with Gasteiger partial charge in [-0.25, -0.2) is 13.1 Å². The van der Waals surface area contributed by atoms with Gasteiger partial charge in [0.25, 0.3) is 0 Å². The first-order valence-corrected chi connectivity index (χ1v) is 7.99. The van der Waals surface area contributed by atoms with Crippen molar-refractivity contribution >= 4 is 10.0 Å². The van der Waals surface area contributed by atoms with Gasteiger partial charge in [0, 0.05) is 12.6 Å². The highest BCUT2D eigenvalue weighted by atomic mass is 32.2. The first-order chi connectivity index (χ1) is 8.57. The van der Waals surface area contributed by atoms with Gasteiger partial charge >= 0.3 is 0 Å². The maximum absolute atomic E-state index is 11.8. The van der Waals surface area contributed by atoms with Crippen LogP contribution < -0.4 is 10.5 Å². The zero-order valence-electron chi connectivity index (χ0n) is 10.4. The summed E-state index contributed by atoms with van der Waals surface area (Å²) in [7, 11) is -3.21. The summed E-state index contributed by atoms with van der Waals surface area (Å²) >= 11 is 0. The van der Waals surface area contributed by atoms with Gasteiger partial charge in [0.05, 0.1) is 5.75 Å². The minimum atomic E-state index is -3.21. The van der Waals surface area contributed by atoms with E-state index in [9.17, 15) is 8.42 Å². The Kier molecular flexibility index (Phi) is 4.37. The number of aryl methyl sites for hydroxylation is 1. The lowest BCUT2D eigenvalue weighted by molar-refractivity contribution is 0.547. The molecule has 1 unspecified atom stereocenters. The summed E-state index contributed by atoms with van der Waals surface area (Å²) in [5.74, 6) is 0.635. The number of sulfonamides is 1. The smallest absolute Gasteiger partial charge is 0.211 e. The molecule has 0 aliphatic heterocycles. The topological polar surface area (TPSA) is 72.2 Å². The van der Waals surface area contributed by atoms with Gasteiger partial charge in [0.15, 0.2) is 0 Å². The van der Waals surface area contributed by atoms with Crippen molar-refractivity contribution in [2.24, 2.45) is 11.7 Å². The summed E-state index contributed by atoms with van der Waals surface area (Å²) in [4.78, 5) is 0. The molecule has 0 radical (unpaired) electrons. The summed E-state index contributed by atoms with van der Waals surface area (Å²) in [5.41, 5.74) is 6.90. The first kappa shape index (κ1) is 13.5. The Hall–Kier alpha value is -0.910. The SMILES string of the molecule is NC(CNS(=O)(=O)CCc1ccccc1)C1CC1. The van der Waals surface area contributed by atoms with Crippen LogP contribution in [0.2, 0.25) is 0 Å². The highest BCUT2D eigenvalue weighted by molar-refractivity contribution is 7.89. The zero-order chi connectivity index (χ0) is 13.0. The molecule has 0 spiro atoms. The van der Waals surface area contributed by atoms with Crippen LogP contribution in [0.1, 0.15) is 18.4 Å². The molecule has 1 aromatic rings. The van der Waals surface area contributed by atoms with E-state index in [1.165, 1.54) is 0 Å². The quantitative estimate of drug-likeness (QED) is 0.771. The highest BCUT2D eigenvalue weighted by Gasteiger charge is 2.29. The van der Waals surface area contributed by atoms with Gasteiger partial charge in [-0.2, -0.15) is 0 Å². The van der Waals surface area contributed by atoms with E-state index in [0.29, 0.717) is 18.9 Å². The average molecular weight is 268 g/mol. The lowest BCUT2D eigenvalue weighted by atomic mass is 10.2. The highest BCUT2D eigenvalue weighted by Crippen LogP contribution is 2.31. The number of nitrogens with two attached hydrogens (primary N) is 1. The molecule has 1 aromatic carbocycles. The van der Waals surface area contributed by atoms with Crippen LogP contribution in [0.5, 0.6) is 0 Å². The molecule has 0 saturated heterocycles. The molecule has 1 aliphatic carbocycles. The molecular formula is C13H20N2O2S. The number of hydrogen-bond donors (Lipinski definition) is 2. The Balaban J connectivity index is 1.76. The first-order valence-electron chi connectivity index (χ1n) is 6.34. The van der Waals surface area contributed by atoms with Crippen LogP contribution in [-0.4, -0.2) is 26.8 Å². The average Bonchev–Trinajstić information content (AvgIpc) is 3.19. The van der Waals surface area contributed by atoms with Gasteiger partial charge in [-0.05, 0) is 30.7 Å². The molecule has 1 saturated carbocycles. The van der Waals surface area contributed by atoms with Crippen molar-refractivity contribution in [1.29, 1.82) is 0 Å². The van der Waals surface area contributed by atoms with Crippen molar-refractivity contribution in [3.05, 3.63) is 35.9 Å². The van der Waals surface area contributed by atoms with E-state index in [-0.39, 0.29) is 11.8 Å². The molecule has 18 heavy (non-hydrogen) atoms. The molecule has 100 valence electrons. The van der Waals surface area contributed by atoms with Gasteiger partial charge < -0.3 is 5.73 Å². The summed E-state index contributed by atoms with van der Waals surface area (Å²) < 4.78 is 26.2. The Bertz CT molecular complexity index is 469. The minimum Gasteiger partial charge on any atom is -0.326 e. The van der Waals surface area contributed by atoms with E-state index in [1.54, 1.807) is 0 Å². The summed E-state index contributed by atoms with van der Waals surface area (Å²) in [6.45, 7) is 0.363. The third-order valence-corrected chi connectivity index (χ3v) is 4.62. The van der Waals surface area contributed by atoms with Crippen molar-refractivity contribution in [2.45, 2.75) is 25.3 Å². The third kappa shape index (κ3) is 4.40.